The van der Waals surface area contributed by atoms with E-state index < -0.39 is 17.8 Å². The number of carbonyl (C=O) groups excluding carboxylic acids is 5. The lowest BCUT2D eigenvalue weighted by Gasteiger charge is -2.14. The summed E-state index contributed by atoms with van der Waals surface area (Å²) in [6.45, 7) is 0.132. The van der Waals surface area contributed by atoms with Crippen LogP contribution in [-0.4, -0.2) is 46.1 Å². The first-order valence-electron chi connectivity index (χ1n) is 6.09. The molecule has 0 radical (unpaired) electrons. The van der Waals surface area contributed by atoms with Gasteiger partial charge in [0.15, 0.2) is 0 Å². The van der Waals surface area contributed by atoms with Crippen LogP contribution in [0.2, 0.25) is 0 Å². The molecule has 0 N–H and O–H groups in total. The average Bonchev–Trinajstić information content (AvgIpc) is 2.88. The molecule has 0 bridgehead atoms. The van der Waals surface area contributed by atoms with Crippen LogP contribution in [0.15, 0.2) is 12.2 Å². The third-order valence-corrected chi connectivity index (χ3v) is 2.88. The van der Waals surface area contributed by atoms with E-state index in [0.717, 1.165) is 17.1 Å². The van der Waals surface area contributed by atoms with Gasteiger partial charge in [-0.25, -0.2) is 4.79 Å². The Labute approximate surface area is 113 Å². The first-order chi connectivity index (χ1) is 9.49. The summed E-state index contributed by atoms with van der Waals surface area (Å²) in [7, 11) is 0. The van der Waals surface area contributed by atoms with Gasteiger partial charge >= 0.3 is 5.97 Å². The van der Waals surface area contributed by atoms with Gasteiger partial charge < -0.3 is 4.84 Å². The molecule has 2 heterocycles. The maximum absolute atomic E-state index is 11.4. The second-order valence-electron chi connectivity index (χ2n) is 4.31. The Morgan fingerprint density at radius 1 is 1.05 bits per heavy atom. The minimum absolute atomic E-state index is 0.103. The third-order valence-electron chi connectivity index (χ3n) is 2.88. The highest BCUT2D eigenvalue weighted by Crippen LogP contribution is 2.13. The number of hydrogen-bond donors (Lipinski definition) is 0. The normalized spacial score (nSPS) is 18.4. The molecule has 0 saturated carbocycles. The second-order valence-corrected chi connectivity index (χ2v) is 4.31. The number of likely N-dealkylation sites (tertiary alicyclic amines) is 1. The van der Waals surface area contributed by atoms with Crippen LogP contribution >= 0.6 is 0 Å². The Bertz CT molecular complexity index is 490. The van der Waals surface area contributed by atoms with Gasteiger partial charge in [0.2, 0.25) is 11.8 Å². The van der Waals surface area contributed by atoms with Crippen LogP contribution in [0.5, 0.6) is 0 Å². The molecular formula is C12H12N2O6. The molecule has 0 aromatic carbocycles. The molecule has 1 saturated heterocycles. The summed E-state index contributed by atoms with van der Waals surface area (Å²) >= 11 is 0. The van der Waals surface area contributed by atoms with Crippen molar-refractivity contribution < 1.29 is 28.8 Å². The fraction of sp³-hybridized carbons (Fsp3) is 0.417. The van der Waals surface area contributed by atoms with Gasteiger partial charge in [-0.3, -0.25) is 24.1 Å². The Balaban J connectivity index is 1.73. The van der Waals surface area contributed by atoms with E-state index in [-0.39, 0.29) is 44.0 Å². The van der Waals surface area contributed by atoms with Gasteiger partial charge in [0.05, 0.1) is 0 Å². The summed E-state index contributed by atoms with van der Waals surface area (Å²) in [6, 6.07) is 0. The van der Waals surface area contributed by atoms with E-state index in [1.54, 1.807) is 0 Å². The summed E-state index contributed by atoms with van der Waals surface area (Å²) in [5, 5.41) is 0.370. The van der Waals surface area contributed by atoms with Crippen LogP contribution in [0.1, 0.15) is 25.7 Å². The highest BCUT2D eigenvalue weighted by atomic mass is 16.7. The van der Waals surface area contributed by atoms with Crippen molar-refractivity contribution in [3.63, 3.8) is 0 Å². The smallest absolute Gasteiger partial charge is 0.330 e. The topological polar surface area (TPSA) is 101 Å². The molecule has 2 rings (SSSR count). The number of carbonyl (C=O) groups is 5. The van der Waals surface area contributed by atoms with Gasteiger partial charge in [0.1, 0.15) is 0 Å². The van der Waals surface area contributed by atoms with E-state index in [2.05, 4.69) is 4.84 Å². The highest BCUT2D eigenvalue weighted by molar-refractivity contribution is 6.12. The quantitative estimate of drug-likeness (QED) is 0.617. The predicted molar refractivity (Wildman–Crippen MR) is 62.3 cm³/mol. The first kappa shape index (κ1) is 13.9. The van der Waals surface area contributed by atoms with Gasteiger partial charge in [-0.1, -0.05) is 5.06 Å². The van der Waals surface area contributed by atoms with Crippen molar-refractivity contribution in [3.8, 4) is 0 Å². The fourth-order valence-corrected chi connectivity index (χ4v) is 1.88. The average molecular weight is 280 g/mol. The van der Waals surface area contributed by atoms with Crippen molar-refractivity contribution in [2.24, 2.45) is 0 Å². The molecule has 8 heteroatoms. The second kappa shape index (κ2) is 5.64. The maximum atomic E-state index is 11.4. The largest absolute Gasteiger partial charge is 0.333 e. The van der Waals surface area contributed by atoms with Crippen molar-refractivity contribution >= 4 is 29.6 Å². The molecular weight excluding hydrogens is 268 g/mol. The van der Waals surface area contributed by atoms with E-state index >= 15 is 0 Å². The SMILES string of the molecule is O=C(CCCN1C(=O)CCC1=O)ON1C(=O)C=CC1=O. The Morgan fingerprint density at radius 3 is 2.15 bits per heavy atom. The van der Waals surface area contributed by atoms with Gasteiger partial charge in [-0.2, -0.15) is 0 Å². The molecule has 20 heavy (non-hydrogen) atoms. The van der Waals surface area contributed by atoms with Gasteiger partial charge in [0.25, 0.3) is 11.8 Å². The zero-order chi connectivity index (χ0) is 14.7. The standard InChI is InChI=1S/C12H12N2O6/c15-8-3-4-9(16)13(8)7-1-2-12(19)20-14-10(17)5-6-11(14)18/h5-6H,1-4,7H2. The van der Waals surface area contributed by atoms with Crippen LogP contribution in [0.25, 0.3) is 0 Å². The number of amides is 4. The Hall–Kier alpha value is -2.51. The first-order valence-corrected chi connectivity index (χ1v) is 6.09. The molecule has 2 aliphatic heterocycles. The molecule has 0 aliphatic carbocycles. The summed E-state index contributed by atoms with van der Waals surface area (Å²) in [5.41, 5.74) is 0. The monoisotopic (exact) mass is 280 g/mol. The zero-order valence-electron chi connectivity index (χ0n) is 10.5. The fourth-order valence-electron chi connectivity index (χ4n) is 1.88. The number of imide groups is 2. The molecule has 1 fully saturated rings. The number of hydroxylamine groups is 2. The molecule has 4 amide bonds. The van der Waals surface area contributed by atoms with Crippen LogP contribution in [0, 0.1) is 0 Å². The van der Waals surface area contributed by atoms with Gasteiger partial charge in [-0.15, -0.1) is 0 Å². The molecule has 2 aliphatic rings. The number of rotatable bonds is 5. The molecule has 0 spiro atoms. The minimum Gasteiger partial charge on any atom is -0.330 e. The molecule has 0 aromatic heterocycles. The lowest BCUT2D eigenvalue weighted by atomic mass is 10.3. The van der Waals surface area contributed by atoms with Gasteiger partial charge in [-0.05, 0) is 6.42 Å². The predicted octanol–water partition coefficient (Wildman–Crippen LogP) is -0.701. The van der Waals surface area contributed by atoms with Crippen LogP contribution in [0.3, 0.4) is 0 Å². The van der Waals surface area contributed by atoms with E-state index in [4.69, 9.17) is 0 Å². The number of hydrogen-bond acceptors (Lipinski definition) is 6. The Morgan fingerprint density at radius 2 is 1.60 bits per heavy atom. The van der Waals surface area contributed by atoms with Crippen LogP contribution < -0.4 is 0 Å². The van der Waals surface area contributed by atoms with Crippen LogP contribution in [0.4, 0.5) is 0 Å². The highest BCUT2D eigenvalue weighted by Gasteiger charge is 2.30. The lowest BCUT2D eigenvalue weighted by Crippen LogP contribution is -2.33. The van der Waals surface area contributed by atoms with Crippen molar-refractivity contribution in [3.05, 3.63) is 12.2 Å². The number of nitrogens with zero attached hydrogens (tertiary/aromatic N) is 2. The lowest BCUT2D eigenvalue weighted by molar-refractivity contribution is -0.196. The maximum Gasteiger partial charge on any atom is 0.333 e. The molecule has 106 valence electrons. The zero-order valence-corrected chi connectivity index (χ0v) is 10.5. The Kier molecular flexibility index (Phi) is 3.92. The van der Waals surface area contributed by atoms with E-state index in [9.17, 15) is 24.0 Å². The van der Waals surface area contributed by atoms with E-state index in [1.165, 1.54) is 0 Å². The summed E-state index contributed by atoms with van der Waals surface area (Å²) < 4.78 is 0. The molecule has 0 atom stereocenters. The van der Waals surface area contributed by atoms with Crippen molar-refractivity contribution in [1.29, 1.82) is 0 Å². The minimum atomic E-state index is -0.769. The molecule has 0 aromatic rings. The summed E-state index contributed by atoms with van der Waals surface area (Å²) in [5.74, 6) is -2.70. The van der Waals surface area contributed by atoms with Crippen molar-refractivity contribution in [2.45, 2.75) is 25.7 Å². The van der Waals surface area contributed by atoms with Crippen molar-refractivity contribution in [2.75, 3.05) is 6.54 Å². The molecule has 8 nitrogen and oxygen atoms in total. The summed E-state index contributed by atoms with van der Waals surface area (Å²) in [6.07, 6.45) is 2.51. The van der Waals surface area contributed by atoms with E-state index in [1.807, 2.05) is 0 Å². The summed E-state index contributed by atoms with van der Waals surface area (Å²) in [4.78, 5) is 62.0. The van der Waals surface area contributed by atoms with Gasteiger partial charge in [0, 0.05) is 38.0 Å². The van der Waals surface area contributed by atoms with E-state index in [0.29, 0.717) is 5.06 Å². The molecule has 0 unspecified atom stereocenters. The van der Waals surface area contributed by atoms with Crippen molar-refractivity contribution in [1.82, 2.24) is 9.96 Å². The third kappa shape index (κ3) is 2.90. The van der Waals surface area contributed by atoms with Crippen LogP contribution in [-0.2, 0) is 28.8 Å².